The van der Waals surface area contributed by atoms with Gasteiger partial charge in [-0.15, -0.1) is 11.3 Å². The summed E-state index contributed by atoms with van der Waals surface area (Å²) in [6.07, 6.45) is 4.32. The zero-order valence-corrected chi connectivity index (χ0v) is 12.2. The van der Waals surface area contributed by atoms with Crippen LogP contribution >= 0.6 is 11.3 Å². The van der Waals surface area contributed by atoms with Crippen molar-refractivity contribution in [1.82, 2.24) is 0 Å². The van der Waals surface area contributed by atoms with Crippen LogP contribution in [0.4, 0.5) is 0 Å². The second-order valence-corrected chi connectivity index (χ2v) is 5.82. The maximum atomic E-state index is 2.18. The summed E-state index contributed by atoms with van der Waals surface area (Å²) in [6, 6.07) is 21.5. The van der Waals surface area contributed by atoms with Crippen LogP contribution in [0.25, 0.3) is 23.3 Å². The van der Waals surface area contributed by atoms with E-state index < -0.39 is 0 Å². The molecular weight excluding hydrogens is 260 g/mol. The van der Waals surface area contributed by atoms with Crippen molar-refractivity contribution < 1.29 is 0 Å². The molecule has 0 aliphatic rings. The van der Waals surface area contributed by atoms with Crippen molar-refractivity contribution in [3.05, 3.63) is 82.0 Å². The van der Waals surface area contributed by atoms with E-state index in [2.05, 4.69) is 85.1 Å². The Labute approximate surface area is 124 Å². The van der Waals surface area contributed by atoms with Gasteiger partial charge in [0.15, 0.2) is 0 Å². The fourth-order valence-corrected chi connectivity index (χ4v) is 2.72. The topological polar surface area (TPSA) is 0 Å². The number of rotatable bonds is 3. The molecule has 0 N–H and O–H groups in total. The minimum Gasteiger partial charge on any atom is -0.144 e. The Balaban J connectivity index is 1.79. The van der Waals surface area contributed by atoms with Gasteiger partial charge in [-0.3, -0.25) is 0 Å². The van der Waals surface area contributed by atoms with Gasteiger partial charge in [-0.2, -0.15) is 0 Å². The van der Waals surface area contributed by atoms with Gasteiger partial charge in [0.2, 0.25) is 0 Å². The van der Waals surface area contributed by atoms with E-state index >= 15 is 0 Å². The van der Waals surface area contributed by atoms with Gasteiger partial charge >= 0.3 is 0 Å². The van der Waals surface area contributed by atoms with Crippen molar-refractivity contribution in [2.75, 3.05) is 0 Å². The molecule has 0 spiro atoms. The Morgan fingerprint density at radius 1 is 0.750 bits per heavy atom. The average Bonchev–Trinajstić information content (AvgIpc) is 3.00. The largest absolute Gasteiger partial charge is 0.144 e. The molecule has 2 aromatic carbocycles. The van der Waals surface area contributed by atoms with Crippen LogP contribution in [0, 0.1) is 6.92 Å². The summed E-state index contributed by atoms with van der Waals surface area (Å²) in [5.41, 5.74) is 5.06. The first-order valence-electron chi connectivity index (χ1n) is 6.70. The third-order valence-corrected chi connectivity index (χ3v) is 4.12. The minimum absolute atomic E-state index is 1.23. The molecule has 0 unspecified atom stereocenters. The van der Waals surface area contributed by atoms with Crippen molar-refractivity contribution >= 4 is 23.5 Å². The molecule has 0 saturated carbocycles. The van der Waals surface area contributed by atoms with Crippen LogP contribution in [0.15, 0.2) is 66.0 Å². The standard InChI is InChI=1S/C19H16S/c1-15-4-9-17(10-5-15)18-11-6-16(7-12-18)8-13-19-3-2-14-20-19/h2-14H,1H3. The molecule has 0 bridgehead atoms. The Morgan fingerprint density at radius 3 is 2.00 bits per heavy atom. The van der Waals surface area contributed by atoms with E-state index in [1.165, 1.54) is 27.1 Å². The van der Waals surface area contributed by atoms with Crippen LogP contribution < -0.4 is 0 Å². The zero-order chi connectivity index (χ0) is 13.8. The molecule has 1 heteroatoms. The average molecular weight is 276 g/mol. The number of aryl methyl sites for hydroxylation is 1. The van der Waals surface area contributed by atoms with E-state index in [1.807, 2.05) is 0 Å². The van der Waals surface area contributed by atoms with E-state index in [1.54, 1.807) is 11.3 Å². The lowest BCUT2D eigenvalue weighted by Crippen LogP contribution is -1.79. The highest BCUT2D eigenvalue weighted by molar-refractivity contribution is 7.10. The van der Waals surface area contributed by atoms with Crippen LogP contribution in [0.5, 0.6) is 0 Å². The van der Waals surface area contributed by atoms with E-state index in [-0.39, 0.29) is 0 Å². The maximum absolute atomic E-state index is 2.18. The summed E-state index contributed by atoms with van der Waals surface area (Å²) in [7, 11) is 0. The summed E-state index contributed by atoms with van der Waals surface area (Å²) in [5.74, 6) is 0. The molecule has 0 aliphatic carbocycles. The third kappa shape index (κ3) is 3.06. The lowest BCUT2D eigenvalue weighted by atomic mass is 10.0. The zero-order valence-electron chi connectivity index (χ0n) is 11.4. The summed E-state index contributed by atoms with van der Waals surface area (Å²) >= 11 is 1.76. The normalized spacial score (nSPS) is 11.1. The van der Waals surface area contributed by atoms with Crippen molar-refractivity contribution in [2.45, 2.75) is 6.92 Å². The van der Waals surface area contributed by atoms with Gasteiger partial charge in [0.25, 0.3) is 0 Å². The Morgan fingerprint density at radius 2 is 1.40 bits per heavy atom. The molecule has 20 heavy (non-hydrogen) atoms. The molecule has 3 aromatic rings. The summed E-state index contributed by atoms with van der Waals surface area (Å²) in [6.45, 7) is 2.11. The van der Waals surface area contributed by atoms with E-state index in [0.717, 1.165) is 0 Å². The SMILES string of the molecule is Cc1ccc(-c2ccc(C=Cc3cccs3)cc2)cc1. The second kappa shape index (κ2) is 5.89. The molecule has 1 heterocycles. The third-order valence-electron chi connectivity index (χ3n) is 3.28. The molecule has 0 nitrogen and oxygen atoms in total. The van der Waals surface area contributed by atoms with E-state index in [9.17, 15) is 0 Å². The van der Waals surface area contributed by atoms with Crippen LogP contribution in [0.1, 0.15) is 16.0 Å². The molecule has 98 valence electrons. The molecule has 0 amide bonds. The molecule has 0 saturated heterocycles. The molecule has 1 aromatic heterocycles. The Kier molecular flexibility index (Phi) is 3.80. The van der Waals surface area contributed by atoms with Gasteiger partial charge in [0, 0.05) is 4.88 Å². The maximum Gasteiger partial charge on any atom is 0.0270 e. The summed E-state index contributed by atoms with van der Waals surface area (Å²) < 4.78 is 0. The van der Waals surface area contributed by atoms with Crippen LogP contribution in [-0.2, 0) is 0 Å². The fourth-order valence-electron chi connectivity index (χ4n) is 2.10. The van der Waals surface area contributed by atoms with Crippen molar-refractivity contribution in [3.63, 3.8) is 0 Å². The number of benzene rings is 2. The quantitative estimate of drug-likeness (QED) is 0.559. The van der Waals surface area contributed by atoms with Gasteiger partial charge in [-0.1, -0.05) is 66.2 Å². The number of hydrogen-bond acceptors (Lipinski definition) is 1. The second-order valence-electron chi connectivity index (χ2n) is 4.84. The number of hydrogen-bond donors (Lipinski definition) is 0. The predicted molar refractivity (Wildman–Crippen MR) is 89.9 cm³/mol. The Bertz CT molecular complexity index is 687. The highest BCUT2D eigenvalue weighted by atomic mass is 32.1. The molecular formula is C19H16S. The fraction of sp³-hybridized carbons (Fsp3) is 0.0526. The van der Waals surface area contributed by atoms with Gasteiger partial charge < -0.3 is 0 Å². The van der Waals surface area contributed by atoms with Gasteiger partial charge in [-0.05, 0) is 41.1 Å². The predicted octanol–water partition coefficient (Wildman–Crippen LogP) is 5.89. The van der Waals surface area contributed by atoms with Gasteiger partial charge in [-0.25, -0.2) is 0 Å². The van der Waals surface area contributed by atoms with Crippen LogP contribution in [0.3, 0.4) is 0 Å². The Hall–Kier alpha value is -2.12. The van der Waals surface area contributed by atoms with Gasteiger partial charge in [0.05, 0.1) is 0 Å². The molecule has 0 aliphatic heterocycles. The number of thiophene rings is 1. The first kappa shape index (κ1) is 12.9. The molecule has 0 radical (unpaired) electrons. The first-order chi connectivity index (χ1) is 9.81. The van der Waals surface area contributed by atoms with Crippen LogP contribution in [0.2, 0.25) is 0 Å². The van der Waals surface area contributed by atoms with Crippen molar-refractivity contribution in [2.24, 2.45) is 0 Å². The molecule has 3 rings (SSSR count). The highest BCUT2D eigenvalue weighted by Gasteiger charge is 1.96. The van der Waals surface area contributed by atoms with E-state index in [4.69, 9.17) is 0 Å². The van der Waals surface area contributed by atoms with Crippen molar-refractivity contribution in [1.29, 1.82) is 0 Å². The summed E-state index contributed by atoms with van der Waals surface area (Å²) in [5, 5.41) is 2.10. The minimum atomic E-state index is 1.23. The molecule has 0 atom stereocenters. The van der Waals surface area contributed by atoms with Crippen LogP contribution in [-0.4, -0.2) is 0 Å². The smallest absolute Gasteiger partial charge is 0.0270 e. The summed E-state index contributed by atoms with van der Waals surface area (Å²) in [4.78, 5) is 1.28. The first-order valence-corrected chi connectivity index (χ1v) is 7.58. The van der Waals surface area contributed by atoms with Crippen molar-refractivity contribution in [3.8, 4) is 11.1 Å². The lowest BCUT2D eigenvalue weighted by molar-refractivity contribution is 1.47. The van der Waals surface area contributed by atoms with E-state index in [0.29, 0.717) is 0 Å². The van der Waals surface area contributed by atoms with Gasteiger partial charge in [0.1, 0.15) is 0 Å². The molecule has 0 fully saturated rings. The highest BCUT2D eigenvalue weighted by Crippen LogP contribution is 2.21. The monoisotopic (exact) mass is 276 g/mol. The lowest BCUT2D eigenvalue weighted by Gasteiger charge is -2.03.